The highest BCUT2D eigenvalue weighted by molar-refractivity contribution is 5.72. The molecule has 0 N–H and O–H groups in total. The second-order valence-electron chi connectivity index (χ2n) is 4.57. The molecule has 16 heavy (non-hydrogen) atoms. The van der Waals surface area contributed by atoms with Crippen LogP contribution in [0.25, 0.3) is 0 Å². The first kappa shape index (κ1) is 12.8. The van der Waals surface area contributed by atoms with Crippen LogP contribution in [-0.2, 0) is 16.0 Å². The standard InChI is InChI=1S/C14H20O2/c1-11(2)12(3)10-16-14(15)9-13-7-5-4-6-8-13/h4-8,11-12H,9-10H2,1-3H3. The summed E-state index contributed by atoms with van der Waals surface area (Å²) in [5, 5.41) is 0. The van der Waals surface area contributed by atoms with Crippen molar-refractivity contribution in [1.82, 2.24) is 0 Å². The Morgan fingerprint density at radius 2 is 1.81 bits per heavy atom. The molecule has 0 aliphatic heterocycles. The Kier molecular flexibility index (Phi) is 5.03. The predicted octanol–water partition coefficient (Wildman–Crippen LogP) is 3.06. The fourth-order valence-electron chi connectivity index (χ4n) is 1.23. The molecule has 1 unspecified atom stereocenters. The van der Waals surface area contributed by atoms with Crippen LogP contribution in [0.15, 0.2) is 30.3 Å². The summed E-state index contributed by atoms with van der Waals surface area (Å²) in [5.74, 6) is 0.822. The van der Waals surface area contributed by atoms with Gasteiger partial charge in [-0.25, -0.2) is 0 Å². The minimum Gasteiger partial charge on any atom is -0.465 e. The largest absolute Gasteiger partial charge is 0.465 e. The first-order valence-corrected chi connectivity index (χ1v) is 5.79. The molecule has 0 spiro atoms. The molecule has 0 aliphatic carbocycles. The van der Waals surface area contributed by atoms with Crippen molar-refractivity contribution in [3.8, 4) is 0 Å². The van der Waals surface area contributed by atoms with Crippen LogP contribution in [0.4, 0.5) is 0 Å². The third-order valence-electron chi connectivity index (χ3n) is 2.84. The minimum absolute atomic E-state index is 0.140. The molecule has 1 aromatic rings. The van der Waals surface area contributed by atoms with Crippen molar-refractivity contribution < 1.29 is 9.53 Å². The Labute approximate surface area is 97.6 Å². The Bertz CT molecular complexity index is 317. The summed E-state index contributed by atoms with van der Waals surface area (Å²) < 4.78 is 5.23. The molecule has 2 nitrogen and oxygen atoms in total. The number of esters is 1. The molecule has 0 amide bonds. The van der Waals surface area contributed by atoms with Gasteiger partial charge in [0, 0.05) is 0 Å². The van der Waals surface area contributed by atoms with E-state index in [-0.39, 0.29) is 5.97 Å². The van der Waals surface area contributed by atoms with Crippen LogP contribution in [0.1, 0.15) is 26.3 Å². The first-order valence-electron chi connectivity index (χ1n) is 5.79. The van der Waals surface area contributed by atoms with E-state index in [1.54, 1.807) is 0 Å². The van der Waals surface area contributed by atoms with E-state index in [2.05, 4.69) is 20.8 Å². The Hall–Kier alpha value is -1.31. The lowest BCUT2D eigenvalue weighted by molar-refractivity contribution is -0.144. The second kappa shape index (κ2) is 6.31. The van der Waals surface area contributed by atoms with E-state index in [0.717, 1.165) is 5.56 Å². The van der Waals surface area contributed by atoms with Crippen LogP contribution in [-0.4, -0.2) is 12.6 Å². The molecule has 0 saturated carbocycles. The minimum atomic E-state index is -0.140. The maximum atomic E-state index is 11.5. The van der Waals surface area contributed by atoms with E-state index in [4.69, 9.17) is 4.74 Å². The van der Waals surface area contributed by atoms with E-state index < -0.39 is 0 Å². The number of hydrogen-bond donors (Lipinski definition) is 0. The molecule has 0 fully saturated rings. The van der Waals surface area contributed by atoms with Crippen LogP contribution in [0, 0.1) is 11.8 Å². The van der Waals surface area contributed by atoms with Crippen LogP contribution < -0.4 is 0 Å². The van der Waals surface area contributed by atoms with Gasteiger partial charge in [0.25, 0.3) is 0 Å². The maximum absolute atomic E-state index is 11.5. The molecule has 0 radical (unpaired) electrons. The molecule has 1 atom stereocenters. The van der Waals surface area contributed by atoms with Crippen LogP contribution in [0.2, 0.25) is 0 Å². The summed E-state index contributed by atoms with van der Waals surface area (Å²) in [6.07, 6.45) is 0.367. The number of carbonyl (C=O) groups is 1. The third kappa shape index (κ3) is 4.47. The molecular weight excluding hydrogens is 200 g/mol. The smallest absolute Gasteiger partial charge is 0.310 e. The van der Waals surface area contributed by atoms with Crippen molar-refractivity contribution >= 4 is 5.97 Å². The molecule has 1 aromatic carbocycles. The Morgan fingerprint density at radius 3 is 2.38 bits per heavy atom. The molecule has 0 saturated heterocycles. The van der Waals surface area contributed by atoms with E-state index in [1.807, 2.05) is 30.3 Å². The normalized spacial score (nSPS) is 12.5. The molecule has 88 valence electrons. The lowest BCUT2D eigenvalue weighted by Gasteiger charge is -2.15. The number of hydrogen-bond acceptors (Lipinski definition) is 2. The van der Waals surface area contributed by atoms with E-state index in [9.17, 15) is 4.79 Å². The molecule has 0 aliphatic rings. The zero-order valence-corrected chi connectivity index (χ0v) is 10.3. The fourth-order valence-corrected chi connectivity index (χ4v) is 1.23. The Morgan fingerprint density at radius 1 is 1.19 bits per heavy atom. The molecule has 2 heteroatoms. The summed E-state index contributed by atoms with van der Waals surface area (Å²) in [4.78, 5) is 11.5. The van der Waals surface area contributed by atoms with Gasteiger partial charge in [-0.15, -0.1) is 0 Å². The van der Waals surface area contributed by atoms with Gasteiger partial charge in [0.15, 0.2) is 0 Å². The van der Waals surface area contributed by atoms with Crippen molar-refractivity contribution in [3.63, 3.8) is 0 Å². The molecule has 0 bridgehead atoms. The zero-order valence-electron chi connectivity index (χ0n) is 10.3. The van der Waals surface area contributed by atoms with Gasteiger partial charge in [-0.05, 0) is 17.4 Å². The SMILES string of the molecule is CC(C)C(C)COC(=O)Cc1ccccc1. The van der Waals surface area contributed by atoms with Gasteiger partial charge in [-0.3, -0.25) is 4.79 Å². The quantitative estimate of drug-likeness (QED) is 0.713. The summed E-state index contributed by atoms with van der Waals surface area (Å²) in [6, 6.07) is 9.68. The Balaban J connectivity index is 2.32. The number of rotatable bonds is 5. The van der Waals surface area contributed by atoms with Crippen molar-refractivity contribution in [2.45, 2.75) is 27.2 Å². The van der Waals surface area contributed by atoms with E-state index >= 15 is 0 Å². The highest BCUT2D eigenvalue weighted by atomic mass is 16.5. The predicted molar refractivity (Wildman–Crippen MR) is 65.1 cm³/mol. The summed E-state index contributed by atoms with van der Waals surface area (Å²) in [5.41, 5.74) is 1.00. The number of benzene rings is 1. The van der Waals surface area contributed by atoms with Gasteiger partial charge in [-0.1, -0.05) is 51.1 Å². The number of ether oxygens (including phenoxy) is 1. The van der Waals surface area contributed by atoms with Crippen molar-refractivity contribution in [1.29, 1.82) is 0 Å². The first-order chi connectivity index (χ1) is 7.59. The third-order valence-corrected chi connectivity index (χ3v) is 2.84. The molecule has 0 heterocycles. The van der Waals surface area contributed by atoms with E-state index in [0.29, 0.717) is 24.9 Å². The van der Waals surface area contributed by atoms with Crippen molar-refractivity contribution in [2.75, 3.05) is 6.61 Å². The number of carbonyl (C=O) groups excluding carboxylic acids is 1. The van der Waals surface area contributed by atoms with Gasteiger partial charge in [0.1, 0.15) is 0 Å². The maximum Gasteiger partial charge on any atom is 0.310 e. The van der Waals surface area contributed by atoms with Gasteiger partial charge in [0.05, 0.1) is 13.0 Å². The van der Waals surface area contributed by atoms with Crippen LogP contribution >= 0.6 is 0 Å². The van der Waals surface area contributed by atoms with Gasteiger partial charge in [-0.2, -0.15) is 0 Å². The van der Waals surface area contributed by atoms with Crippen LogP contribution in [0.3, 0.4) is 0 Å². The average molecular weight is 220 g/mol. The average Bonchev–Trinajstić information content (AvgIpc) is 2.27. The molecule has 1 rings (SSSR count). The van der Waals surface area contributed by atoms with Gasteiger partial charge < -0.3 is 4.74 Å². The highest BCUT2D eigenvalue weighted by Gasteiger charge is 2.10. The second-order valence-corrected chi connectivity index (χ2v) is 4.57. The van der Waals surface area contributed by atoms with Gasteiger partial charge >= 0.3 is 5.97 Å². The summed E-state index contributed by atoms with van der Waals surface area (Å²) >= 11 is 0. The van der Waals surface area contributed by atoms with E-state index in [1.165, 1.54) is 0 Å². The summed E-state index contributed by atoms with van der Waals surface area (Å²) in [6.45, 7) is 6.88. The molecule has 0 aromatic heterocycles. The van der Waals surface area contributed by atoms with Crippen molar-refractivity contribution in [3.05, 3.63) is 35.9 Å². The van der Waals surface area contributed by atoms with Crippen molar-refractivity contribution in [2.24, 2.45) is 11.8 Å². The monoisotopic (exact) mass is 220 g/mol. The van der Waals surface area contributed by atoms with Gasteiger partial charge in [0.2, 0.25) is 0 Å². The van der Waals surface area contributed by atoms with Crippen LogP contribution in [0.5, 0.6) is 0 Å². The lowest BCUT2D eigenvalue weighted by Crippen LogP contribution is -2.17. The fraction of sp³-hybridized carbons (Fsp3) is 0.500. The highest BCUT2D eigenvalue weighted by Crippen LogP contribution is 2.10. The topological polar surface area (TPSA) is 26.3 Å². The molecular formula is C14H20O2. The lowest BCUT2D eigenvalue weighted by atomic mass is 9.99. The zero-order chi connectivity index (χ0) is 12.0. The summed E-state index contributed by atoms with van der Waals surface area (Å²) in [7, 11) is 0.